The maximum Gasteiger partial charge on any atom is 0.159 e. The van der Waals surface area contributed by atoms with Crippen molar-refractivity contribution in [2.75, 3.05) is 12.3 Å². The zero-order chi connectivity index (χ0) is 12.3. The van der Waals surface area contributed by atoms with Crippen molar-refractivity contribution in [2.45, 2.75) is 19.1 Å². The summed E-state index contributed by atoms with van der Waals surface area (Å²) in [5, 5.41) is 19.1. The normalized spacial score (nSPS) is 14.5. The van der Waals surface area contributed by atoms with Crippen LogP contribution in [0.4, 0.5) is 5.69 Å². The van der Waals surface area contributed by atoms with E-state index in [0.29, 0.717) is 11.1 Å². The third-order valence-corrected chi connectivity index (χ3v) is 2.42. The van der Waals surface area contributed by atoms with Crippen molar-refractivity contribution in [2.24, 2.45) is 5.73 Å². The third kappa shape index (κ3) is 2.57. The molecule has 0 spiro atoms. The molecule has 0 aliphatic carbocycles. The Morgan fingerprint density at radius 3 is 2.50 bits per heavy atom. The number of hydrogen-bond donors (Lipinski definition) is 4. The van der Waals surface area contributed by atoms with Gasteiger partial charge in [-0.15, -0.1) is 0 Å². The number of aliphatic hydroxyl groups is 2. The molecule has 5 nitrogen and oxygen atoms in total. The zero-order valence-corrected chi connectivity index (χ0v) is 9.05. The van der Waals surface area contributed by atoms with Gasteiger partial charge in [-0.1, -0.05) is 12.1 Å². The Kier molecular flexibility index (Phi) is 4.00. The number of anilines is 1. The number of nitrogens with two attached hydrogens (primary N) is 2. The summed E-state index contributed by atoms with van der Waals surface area (Å²) in [5.41, 5.74) is 12.0. The average Bonchev–Trinajstić information content (AvgIpc) is 2.26. The summed E-state index contributed by atoms with van der Waals surface area (Å²) in [4.78, 5) is 11.1. The van der Waals surface area contributed by atoms with E-state index >= 15 is 0 Å². The van der Waals surface area contributed by atoms with Gasteiger partial charge in [0.05, 0.1) is 6.10 Å². The molecule has 88 valence electrons. The van der Waals surface area contributed by atoms with Crippen LogP contribution in [0.15, 0.2) is 18.2 Å². The zero-order valence-electron chi connectivity index (χ0n) is 9.05. The second-order valence-corrected chi connectivity index (χ2v) is 3.65. The molecule has 5 heteroatoms. The van der Waals surface area contributed by atoms with E-state index in [9.17, 15) is 15.0 Å². The predicted molar refractivity (Wildman–Crippen MR) is 60.9 cm³/mol. The van der Waals surface area contributed by atoms with E-state index in [2.05, 4.69) is 0 Å². The summed E-state index contributed by atoms with van der Waals surface area (Å²) in [7, 11) is 0. The van der Waals surface area contributed by atoms with Crippen LogP contribution in [0.1, 0.15) is 28.9 Å². The predicted octanol–water partition coefficient (Wildman–Crippen LogP) is -0.176. The van der Waals surface area contributed by atoms with Crippen molar-refractivity contribution in [3.05, 3.63) is 29.3 Å². The van der Waals surface area contributed by atoms with Gasteiger partial charge in [0.15, 0.2) is 5.78 Å². The minimum absolute atomic E-state index is 0.0604. The molecule has 6 N–H and O–H groups in total. The highest BCUT2D eigenvalue weighted by Crippen LogP contribution is 2.24. The van der Waals surface area contributed by atoms with Crippen molar-refractivity contribution in [1.82, 2.24) is 0 Å². The van der Waals surface area contributed by atoms with Gasteiger partial charge >= 0.3 is 0 Å². The number of carbonyl (C=O) groups is 1. The van der Waals surface area contributed by atoms with E-state index in [1.54, 1.807) is 6.07 Å². The second kappa shape index (κ2) is 5.07. The molecule has 0 aromatic heterocycles. The van der Waals surface area contributed by atoms with Gasteiger partial charge in [-0.05, 0) is 13.0 Å². The summed E-state index contributed by atoms with van der Waals surface area (Å²) in [6, 6.07) is 4.56. The fraction of sp³-hybridized carbons (Fsp3) is 0.364. The van der Waals surface area contributed by atoms with Crippen LogP contribution in [0.2, 0.25) is 0 Å². The molecule has 0 aliphatic rings. The molecular weight excluding hydrogens is 208 g/mol. The van der Waals surface area contributed by atoms with Crippen LogP contribution in [0.5, 0.6) is 0 Å². The molecule has 0 heterocycles. The monoisotopic (exact) mass is 224 g/mol. The first-order valence-electron chi connectivity index (χ1n) is 4.94. The Labute approximate surface area is 93.7 Å². The molecule has 1 rings (SSSR count). The van der Waals surface area contributed by atoms with Gasteiger partial charge in [0.1, 0.15) is 6.10 Å². The van der Waals surface area contributed by atoms with Crippen molar-refractivity contribution >= 4 is 11.5 Å². The van der Waals surface area contributed by atoms with Crippen LogP contribution >= 0.6 is 0 Å². The van der Waals surface area contributed by atoms with Crippen molar-refractivity contribution in [3.63, 3.8) is 0 Å². The number of aliphatic hydroxyl groups excluding tert-OH is 2. The molecule has 1 aromatic carbocycles. The molecule has 0 radical (unpaired) electrons. The van der Waals surface area contributed by atoms with E-state index in [-0.39, 0.29) is 18.0 Å². The first-order valence-corrected chi connectivity index (χ1v) is 4.94. The highest BCUT2D eigenvalue weighted by Gasteiger charge is 2.19. The molecule has 2 atom stereocenters. The van der Waals surface area contributed by atoms with Crippen molar-refractivity contribution < 1.29 is 15.0 Å². The summed E-state index contributed by atoms with van der Waals surface area (Å²) < 4.78 is 0. The van der Waals surface area contributed by atoms with E-state index < -0.39 is 12.2 Å². The Balaban J connectivity index is 3.03. The van der Waals surface area contributed by atoms with Gasteiger partial charge in [0, 0.05) is 23.4 Å². The summed E-state index contributed by atoms with van der Waals surface area (Å²) in [5.74, 6) is -0.105. The highest BCUT2D eigenvalue weighted by atomic mass is 16.3. The van der Waals surface area contributed by atoms with Crippen LogP contribution < -0.4 is 11.5 Å². The molecule has 0 saturated heterocycles. The Bertz CT molecular complexity index is 393. The topological polar surface area (TPSA) is 110 Å². The van der Waals surface area contributed by atoms with E-state index in [1.807, 2.05) is 0 Å². The van der Waals surface area contributed by atoms with Gasteiger partial charge in [-0.3, -0.25) is 4.79 Å². The van der Waals surface area contributed by atoms with E-state index in [1.165, 1.54) is 19.1 Å². The lowest BCUT2D eigenvalue weighted by Crippen LogP contribution is -2.27. The third-order valence-electron chi connectivity index (χ3n) is 2.42. The SMILES string of the molecule is CC(=O)c1ccc(C(O)C(O)CN)c(N)c1. The van der Waals surface area contributed by atoms with Gasteiger partial charge in [0.25, 0.3) is 0 Å². The molecule has 0 amide bonds. The first-order chi connectivity index (χ1) is 7.47. The average molecular weight is 224 g/mol. The van der Waals surface area contributed by atoms with Gasteiger partial charge < -0.3 is 21.7 Å². The van der Waals surface area contributed by atoms with Crippen molar-refractivity contribution in [1.29, 1.82) is 0 Å². The second-order valence-electron chi connectivity index (χ2n) is 3.65. The Morgan fingerprint density at radius 1 is 1.44 bits per heavy atom. The summed E-state index contributed by atoms with van der Waals surface area (Å²) in [6.45, 7) is 1.37. The largest absolute Gasteiger partial charge is 0.398 e. The fourth-order valence-corrected chi connectivity index (χ4v) is 1.40. The van der Waals surface area contributed by atoms with Gasteiger partial charge in [0.2, 0.25) is 0 Å². The van der Waals surface area contributed by atoms with E-state index in [4.69, 9.17) is 11.5 Å². The molecule has 0 bridgehead atoms. The lowest BCUT2D eigenvalue weighted by atomic mass is 9.99. The fourth-order valence-electron chi connectivity index (χ4n) is 1.40. The number of benzene rings is 1. The number of hydrogen-bond acceptors (Lipinski definition) is 5. The number of carbonyl (C=O) groups excluding carboxylic acids is 1. The lowest BCUT2D eigenvalue weighted by molar-refractivity contribution is 0.0248. The van der Waals surface area contributed by atoms with Crippen LogP contribution in [-0.4, -0.2) is 28.6 Å². The minimum Gasteiger partial charge on any atom is -0.398 e. The van der Waals surface area contributed by atoms with Crippen LogP contribution in [0, 0.1) is 0 Å². The number of nitrogen functional groups attached to an aromatic ring is 1. The van der Waals surface area contributed by atoms with Gasteiger partial charge in [-0.2, -0.15) is 0 Å². The van der Waals surface area contributed by atoms with Crippen LogP contribution in [0.25, 0.3) is 0 Å². The van der Waals surface area contributed by atoms with E-state index in [0.717, 1.165) is 0 Å². The van der Waals surface area contributed by atoms with Crippen LogP contribution in [-0.2, 0) is 0 Å². The standard InChI is InChI=1S/C11H16N2O3/c1-6(14)7-2-3-8(9(13)4-7)11(16)10(15)5-12/h2-4,10-11,15-16H,5,12-13H2,1H3. The van der Waals surface area contributed by atoms with Crippen molar-refractivity contribution in [3.8, 4) is 0 Å². The molecule has 0 fully saturated rings. The lowest BCUT2D eigenvalue weighted by Gasteiger charge is -2.18. The quantitative estimate of drug-likeness (QED) is 0.419. The van der Waals surface area contributed by atoms with Gasteiger partial charge in [-0.25, -0.2) is 0 Å². The first kappa shape index (κ1) is 12.6. The maximum absolute atomic E-state index is 11.1. The molecular formula is C11H16N2O3. The maximum atomic E-state index is 11.1. The van der Waals surface area contributed by atoms with Crippen LogP contribution in [0.3, 0.4) is 0 Å². The molecule has 16 heavy (non-hydrogen) atoms. The number of Topliss-reactive ketones (excluding diaryl/α,β-unsaturated/α-hetero) is 1. The Morgan fingerprint density at radius 2 is 2.06 bits per heavy atom. The smallest absolute Gasteiger partial charge is 0.159 e. The summed E-state index contributed by atoms with van der Waals surface area (Å²) >= 11 is 0. The Hall–Kier alpha value is -1.43. The highest BCUT2D eigenvalue weighted by molar-refractivity contribution is 5.95. The molecule has 2 unspecified atom stereocenters. The number of ketones is 1. The number of rotatable bonds is 4. The minimum atomic E-state index is -1.13. The molecule has 1 aromatic rings. The summed E-state index contributed by atoms with van der Waals surface area (Å²) in [6.07, 6.45) is -2.20. The molecule has 0 aliphatic heterocycles. The molecule has 0 saturated carbocycles.